The van der Waals surface area contributed by atoms with Crippen molar-refractivity contribution in [2.24, 2.45) is 5.92 Å². The highest BCUT2D eigenvalue weighted by molar-refractivity contribution is 7.16. The number of carbonyl (C=O) groups is 1. The van der Waals surface area contributed by atoms with Crippen molar-refractivity contribution < 1.29 is 4.79 Å². The Hall–Kier alpha value is -2.71. The highest BCUT2D eigenvalue weighted by atomic mass is 32.1. The van der Waals surface area contributed by atoms with Crippen molar-refractivity contribution in [3.8, 4) is 6.07 Å². The number of carbonyl (C=O) groups excluding carboxylic acids is 1. The average molecular weight is 361 g/mol. The molecule has 0 fully saturated rings. The molecule has 0 bridgehead atoms. The summed E-state index contributed by atoms with van der Waals surface area (Å²) in [7, 11) is 0. The number of nitrogens with zero attached hydrogens (tertiary/aromatic N) is 2. The number of pyridine rings is 1. The first-order valence-corrected chi connectivity index (χ1v) is 9.60. The number of hydrogen-bond acceptors (Lipinski definition) is 4. The molecule has 0 aliphatic heterocycles. The summed E-state index contributed by atoms with van der Waals surface area (Å²) in [6.45, 7) is 4.17. The van der Waals surface area contributed by atoms with Gasteiger partial charge in [-0.2, -0.15) is 5.26 Å². The maximum atomic E-state index is 12.7. The Labute approximate surface area is 156 Å². The number of thiophene rings is 1. The third-order valence-corrected chi connectivity index (χ3v) is 6.11. The van der Waals surface area contributed by atoms with E-state index in [1.807, 2.05) is 25.1 Å². The van der Waals surface area contributed by atoms with Crippen LogP contribution in [0.4, 0.5) is 5.00 Å². The van der Waals surface area contributed by atoms with Gasteiger partial charge in [0.05, 0.1) is 11.1 Å². The van der Waals surface area contributed by atoms with E-state index in [0.29, 0.717) is 22.0 Å². The van der Waals surface area contributed by atoms with Gasteiger partial charge < -0.3 is 5.32 Å². The molecule has 1 aromatic carbocycles. The van der Waals surface area contributed by atoms with Crippen LogP contribution in [-0.4, -0.2) is 10.9 Å². The number of hydrogen-bond donors (Lipinski definition) is 1. The average Bonchev–Trinajstić information content (AvgIpc) is 2.96. The van der Waals surface area contributed by atoms with E-state index in [1.165, 1.54) is 4.88 Å². The van der Waals surface area contributed by atoms with E-state index in [-0.39, 0.29) is 5.91 Å². The SMILES string of the molecule is Cc1ccc2ccc(C(=O)Nc3sc4c(c3C#N)CCC(C)C4)cc2n1. The summed E-state index contributed by atoms with van der Waals surface area (Å²) in [5.41, 5.74) is 4.04. The van der Waals surface area contributed by atoms with Crippen molar-refractivity contribution in [3.05, 3.63) is 57.6 Å². The van der Waals surface area contributed by atoms with E-state index in [0.717, 1.165) is 41.4 Å². The Morgan fingerprint density at radius 3 is 2.96 bits per heavy atom. The summed E-state index contributed by atoms with van der Waals surface area (Å²) in [6, 6.07) is 11.8. The van der Waals surface area contributed by atoms with E-state index in [4.69, 9.17) is 0 Å². The molecule has 4 rings (SSSR count). The Morgan fingerprint density at radius 1 is 1.35 bits per heavy atom. The fourth-order valence-corrected chi connectivity index (χ4v) is 4.85. The van der Waals surface area contributed by atoms with Gasteiger partial charge in [0.25, 0.3) is 5.91 Å². The van der Waals surface area contributed by atoms with Crippen LogP contribution in [0.2, 0.25) is 0 Å². The largest absolute Gasteiger partial charge is 0.312 e. The number of aryl methyl sites for hydroxylation is 1. The number of amides is 1. The zero-order valence-electron chi connectivity index (χ0n) is 14.8. The van der Waals surface area contributed by atoms with Crippen LogP contribution in [0.5, 0.6) is 0 Å². The number of nitrogens with one attached hydrogen (secondary N) is 1. The van der Waals surface area contributed by atoms with Crippen molar-refractivity contribution in [2.45, 2.75) is 33.1 Å². The second-order valence-corrected chi connectivity index (χ2v) is 8.09. The number of benzene rings is 1. The van der Waals surface area contributed by atoms with Gasteiger partial charge in [0.2, 0.25) is 0 Å². The van der Waals surface area contributed by atoms with Crippen LogP contribution in [0, 0.1) is 24.2 Å². The Balaban J connectivity index is 1.65. The monoisotopic (exact) mass is 361 g/mol. The van der Waals surface area contributed by atoms with Crippen LogP contribution in [0.1, 0.15) is 45.4 Å². The molecule has 130 valence electrons. The van der Waals surface area contributed by atoms with Crippen LogP contribution < -0.4 is 5.32 Å². The van der Waals surface area contributed by atoms with Crippen LogP contribution in [0.3, 0.4) is 0 Å². The number of aromatic nitrogens is 1. The lowest BCUT2D eigenvalue weighted by molar-refractivity contribution is 0.102. The molecule has 1 amide bonds. The van der Waals surface area contributed by atoms with Gasteiger partial charge in [-0.1, -0.05) is 19.1 Å². The van der Waals surface area contributed by atoms with E-state index < -0.39 is 0 Å². The number of fused-ring (bicyclic) bond motifs is 2. The van der Waals surface area contributed by atoms with E-state index >= 15 is 0 Å². The minimum atomic E-state index is -0.196. The first-order chi connectivity index (χ1) is 12.5. The molecule has 2 aromatic heterocycles. The lowest BCUT2D eigenvalue weighted by atomic mass is 9.88. The van der Waals surface area contributed by atoms with Crippen LogP contribution in [-0.2, 0) is 12.8 Å². The maximum absolute atomic E-state index is 12.7. The van der Waals surface area contributed by atoms with Crippen molar-refractivity contribution in [2.75, 3.05) is 5.32 Å². The van der Waals surface area contributed by atoms with Crippen molar-refractivity contribution in [3.63, 3.8) is 0 Å². The summed E-state index contributed by atoms with van der Waals surface area (Å²) in [6.07, 6.45) is 3.01. The predicted octanol–water partition coefficient (Wildman–Crippen LogP) is 4.85. The van der Waals surface area contributed by atoms with Gasteiger partial charge in [-0.05, 0) is 55.9 Å². The van der Waals surface area contributed by atoms with E-state index in [9.17, 15) is 10.1 Å². The molecule has 26 heavy (non-hydrogen) atoms. The molecule has 5 heteroatoms. The third kappa shape index (κ3) is 2.97. The molecule has 1 N–H and O–H groups in total. The maximum Gasteiger partial charge on any atom is 0.256 e. The number of rotatable bonds is 2. The van der Waals surface area contributed by atoms with Gasteiger partial charge in [-0.25, -0.2) is 0 Å². The summed E-state index contributed by atoms with van der Waals surface area (Å²) >= 11 is 1.55. The first kappa shape index (κ1) is 16.7. The zero-order chi connectivity index (χ0) is 18.3. The molecule has 1 atom stereocenters. The minimum absolute atomic E-state index is 0.196. The number of nitriles is 1. The van der Waals surface area contributed by atoms with Crippen molar-refractivity contribution in [1.29, 1.82) is 5.26 Å². The van der Waals surface area contributed by atoms with Crippen molar-refractivity contribution >= 4 is 33.1 Å². The fourth-order valence-electron chi connectivity index (χ4n) is 3.49. The lowest BCUT2D eigenvalue weighted by Crippen LogP contribution is -2.12. The fraction of sp³-hybridized carbons (Fsp3) is 0.286. The highest BCUT2D eigenvalue weighted by Crippen LogP contribution is 2.39. The second kappa shape index (κ2) is 6.54. The topological polar surface area (TPSA) is 65.8 Å². The smallest absolute Gasteiger partial charge is 0.256 e. The first-order valence-electron chi connectivity index (χ1n) is 8.78. The Bertz CT molecular complexity index is 1060. The molecule has 1 aliphatic rings. The van der Waals surface area contributed by atoms with E-state index in [1.54, 1.807) is 23.5 Å². The molecule has 0 radical (unpaired) electrons. The standard InChI is InChI=1S/C21H19N3OS/c1-12-3-8-16-17(11-22)21(26-19(16)9-12)24-20(25)15-7-6-14-5-4-13(2)23-18(14)10-15/h4-7,10,12H,3,8-9H2,1-2H3,(H,24,25). The Kier molecular flexibility index (Phi) is 4.21. The molecule has 1 unspecified atom stereocenters. The van der Waals surface area contributed by atoms with Gasteiger partial charge in [0, 0.05) is 21.5 Å². The molecule has 0 spiro atoms. The third-order valence-electron chi connectivity index (χ3n) is 4.94. The molecule has 2 heterocycles. The normalized spacial score (nSPS) is 16.1. The second-order valence-electron chi connectivity index (χ2n) is 6.98. The molecule has 3 aromatic rings. The van der Waals surface area contributed by atoms with Gasteiger partial charge in [0.1, 0.15) is 11.1 Å². The molecular formula is C21H19N3OS. The number of anilines is 1. The summed E-state index contributed by atoms with van der Waals surface area (Å²) in [5.74, 6) is 0.435. The van der Waals surface area contributed by atoms with E-state index in [2.05, 4.69) is 23.3 Å². The van der Waals surface area contributed by atoms with Crippen LogP contribution in [0.25, 0.3) is 10.9 Å². The van der Waals surface area contributed by atoms with Crippen LogP contribution in [0.15, 0.2) is 30.3 Å². The summed E-state index contributed by atoms with van der Waals surface area (Å²) in [4.78, 5) is 18.5. The lowest BCUT2D eigenvalue weighted by Gasteiger charge is -2.17. The Morgan fingerprint density at radius 2 is 2.15 bits per heavy atom. The van der Waals surface area contributed by atoms with Gasteiger partial charge in [0.15, 0.2) is 0 Å². The molecular weight excluding hydrogens is 342 g/mol. The van der Waals surface area contributed by atoms with Gasteiger partial charge >= 0.3 is 0 Å². The molecule has 4 nitrogen and oxygen atoms in total. The quantitative estimate of drug-likeness (QED) is 0.709. The highest BCUT2D eigenvalue weighted by Gasteiger charge is 2.24. The van der Waals surface area contributed by atoms with Crippen LogP contribution >= 0.6 is 11.3 Å². The zero-order valence-corrected chi connectivity index (χ0v) is 15.6. The summed E-state index contributed by atoms with van der Waals surface area (Å²) < 4.78 is 0. The van der Waals surface area contributed by atoms with Gasteiger partial charge in [-0.15, -0.1) is 11.3 Å². The predicted molar refractivity (Wildman–Crippen MR) is 105 cm³/mol. The minimum Gasteiger partial charge on any atom is -0.312 e. The molecule has 0 saturated carbocycles. The van der Waals surface area contributed by atoms with Gasteiger partial charge in [-0.3, -0.25) is 9.78 Å². The molecule has 0 saturated heterocycles. The van der Waals surface area contributed by atoms with Crippen molar-refractivity contribution in [1.82, 2.24) is 4.98 Å². The molecule has 1 aliphatic carbocycles. The summed E-state index contributed by atoms with van der Waals surface area (Å²) in [5, 5.41) is 14.2.